The smallest absolute Gasteiger partial charge is 0.224 e. The molecule has 0 bridgehead atoms. The summed E-state index contributed by atoms with van der Waals surface area (Å²) in [6, 6.07) is 6.49. The maximum absolute atomic E-state index is 12.1. The van der Waals surface area contributed by atoms with Crippen molar-refractivity contribution < 1.29 is 4.79 Å². The Morgan fingerprint density at radius 3 is 2.63 bits per heavy atom. The molecule has 1 saturated carbocycles. The molecular formula is C16H24N2O. The van der Waals surface area contributed by atoms with Crippen molar-refractivity contribution in [2.75, 3.05) is 5.32 Å². The molecule has 1 aliphatic carbocycles. The van der Waals surface area contributed by atoms with E-state index in [-0.39, 0.29) is 5.91 Å². The van der Waals surface area contributed by atoms with Gasteiger partial charge in [-0.2, -0.15) is 0 Å². The van der Waals surface area contributed by atoms with Crippen molar-refractivity contribution in [3.05, 3.63) is 29.3 Å². The molecule has 3 N–H and O–H groups in total. The summed E-state index contributed by atoms with van der Waals surface area (Å²) >= 11 is 0. The topological polar surface area (TPSA) is 55.1 Å². The number of aryl methyl sites for hydroxylation is 2. The lowest BCUT2D eigenvalue weighted by molar-refractivity contribution is -0.117. The Kier molecular flexibility index (Phi) is 4.59. The lowest BCUT2D eigenvalue weighted by Crippen LogP contribution is -2.28. The molecule has 1 aromatic rings. The molecule has 0 radical (unpaired) electrons. The predicted molar refractivity (Wildman–Crippen MR) is 79.1 cm³/mol. The molecule has 1 fully saturated rings. The first-order valence-corrected chi connectivity index (χ1v) is 7.17. The lowest BCUT2D eigenvalue weighted by Gasteiger charge is -2.25. The van der Waals surface area contributed by atoms with Gasteiger partial charge in [-0.15, -0.1) is 0 Å². The average molecular weight is 260 g/mol. The second-order valence-electron chi connectivity index (χ2n) is 5.85. The van der Waals surface area contributed by atoms with Gasteiger partial charge in [0.25, 0.3) is 0 Å². The number of carbonyl (C=O) groups excluding carboxylic acids is 1. The number of nitrogens with two attached hydrogens (primary N) is 1. The highest BCUT2D eigenvalue weighted by atomic mass is 16.1. The van der Waals surface area contributed by atoms with Crippen LogP contribution in [0.3, 0.4) is 0 Å². The fourth-order valence-electron chi connectivity index (χ4n) is 2.73. The Morgan fingerprint density at radius 2 is 1.95 bits per heavy atom. The van der Waals surface area contributed by atoms with E-state index < -0.39 is 0 Å². The third kappa shape index (κ3) is 4.06. The minimum Gasteiger partial charge on any atom is -0.328 e. The zero-order valence-electron chi connectivity index (χ0n) is 11.9. The van der Waals surface area contributed by atoms with Crippen LogP contribution in [0.25, 0.3) is 0 Å². The number of carbonyl (C=O) groups is 1. The molecular weight excluding hydrogens is 236 g/mol. The number of hydrogen-bond acceptors (Lipinski definition) is 2. The highest BCUT2D eigenvalue weighted by Gasteiger charge is 2.21. The van der Waals surface area contributed by atoms with Gasteiger partial charge in [-0.05, 0) is 62.6 Å². The molecule has 1 amide bonds. The standard InChI is InChI=1S/C16H24N2O/c1-11-3-4-12(2)15(9-11)18-16(19)10-13-5-7-14(17)8-6-13/h3-4,9,13-14H,5-8,10,17H2,1-2H3,(H,18,19). The van der Waals surface area contributed by atoms with Crippen molar-refractivity contribution >= 4 is 11.6 Å². The van der Waals surface area contributed by atoms with Crippen LogP contribution < -0.4 is 11.1 Å². The van der Waals surface area contributed by atoms with E-state index in [1.54, 1.807) is 0 Å². The molecule has 0 heterocycles. The fraction of sp³-hybridized carbons (Fsp3) is 0.562. The first-order valence-electron chi connectivity index (χ1n) is 7.17. The van der Waals surface area contributed by atoms with Gasteiger partial charge in [-0.25, -0.2) is 0 Å². The third-order valence-electron chi connectivity index (χ3n) is 4.03. The van der Waals surface area contributed by atoms with Gasteiger partial charge in [0, 0.05) is 18.2 Å². The third-order valence-corrected chi connectivity index (χ3v) is 4.03. The Balaban J connectivity index is 1.89. The van der Waals surface area contributed by atoms with Crippen LogP contribution in [0.2, 0.25) is 0 Å². The normalized spacial score (nSPS) is 23.1. The van der Waals surface area contributed by atoms with E-state index in [0.29, 0.717) is 18.4 Å². The van der Waals surface area contributed by atoms with Gasteiger partial charge < -0.3 is 11.1 Å². The molecule has 2 rings (SSSR count). The average Bonchev–Trinajstić information content (AvgIpc) is 2.37. The maximum Gasteiger partial charge on any atom is 0.224 e. The van der Waals surface area contributed by atoms with Crippen molar-refractivity contribution in [1.82, 2.24) is 0 Å². The van der Waals surface area contributed by atoms with Crippen LogP contribution in [0.4, 0.5) is 5.69 Å². The number of anilines is 1. The van der Waals surface area contributed by atoms with Gasteiger partial charge in [-0.1, -0.05) is 12.1 Å². The first kappa shape index (κ1) is 14.1. The second-order valence-corrected chi connectivity index (χ2v) is 5.85. The Labute approximate surface area is 115 Å². The summed E-state index contributed by atoms with van der Waals surface area (Å²) in [5.74, 6) is 0.638. The summed E-state index contributed by atoms with van der Waals surface area (Å²) in [5.41, 5.74) is 9.12. The largest absolute Gasteiger partial charge is 0.328 e. The van der Waals surface area contributed by atoms with E-state index in [2.05, 4.69) is 11.4 Å². The van der Waals surface area contributed by atoms with E-state index in [4.69, 9.17) is 5.73 Å². The van der Waals surface area contributed by atoms with Crippen molar-refractivity contribution in [3.63, 3.8) is 0 Å². The van der Waals surface area contributed by atoms with Crippen LogP contribution in [-0.4, -0.2) is 11.9 Å². The van der Waals surface area contributed by atoms with E-state index in [0.717, 1.165) is 36.9 Å². The fourth-order valence-corrected chi connectivity index (χ4v) is 2.73. The van der Waals surface area contributed by atoms with Crippen LogP contribution in [0.5, 0.6) is 0 Å². The molecule has 0 spiro atoms. The van der Waals surface area contributed by atoms with Crippen molar-refractivity contribution in [2.45, 2.75) is 52.0 Å². The lowest BCUT2D eigenvalue weighted by atomic mass is 9.84. The SMILES string of the molecule is Cc1ccc(C)c(NC(=O)CC2CCC(N)CC2)c1. The van der Waals surface area contributed by atoms with Crippen LogP contribution >= 0.6 is 0 Å². The summed E-state index contributed by atoms with van der Waals surface area (Å²) in [6.07, 6.45) is 4.91. The van der Waals surface area contributed by atoms with Crippen molar-refractivity contribution in [1.29, 1.82) is 0 Å². The van der Waals surface area contributed by atoms with Gasteiger partial charge in [-0.3, -0.25) is 4.79 Å². The monoisotopic (exact) mass is 260 g/mol. The van der Waals surface area contributed by atoms with Crippen molar-refractivity contribution in [3.8, 4) is 0 Å². The minimum atomic E-state index is 0.133. The van der Waals surface area contributed by atoms with Gasteiger partial charge >= 0.3 is 0 Å². The summed E-state index contributed by atoms with van der Waals surface area (Å²) in [5, 5.41) is 3.04. The molecule has 104 valence electrons. The minimum absolute atomic E-state index is 0.133. The van der Waals surface area contributed by atoms with Gasteiger partial charge in [0.1, 0.15) is 0 Å². The van der Waals surface area contributed by atoms with Gasteiger partial charge in [0.2, 0.25) is 5.91 Å². The summed E-state index contributed by atoms with van der Waals surface area (Å²) in [6.45, 7) is 4.06. The number of amides is 1. The predicted octanol–water partition coefficient (Wildman–Crippen LogP) is 3.15. The summed E-state index contributed by atoms with van der Waals surface area (Å²) < 4.78 is 0. The maximum atomic E-state index is 12.1. The van der Waals surface area contributed by atoms with E-state index >= 15 is 0 Å². The van der Waals surface area contributed by atoms with Crippen LogP contribution in [-0.2, 0) is 4.79 Å². The van der Waals surface area contributed by atoms with Crippen LogP contribution in [0.1, 0.15) is 43.2 Å². The molecule has 0 aromatic heterocycles. The molecule has 1 aliphatic rings. The first-order chi connectivity index (χ1) is 9.04. The molecule has 3 heteroatoms. The second kappa shape index (κ2) is 6.20. The van der Waals surface area contributed by atoms with Crippen LogP contribution in [0, 0.1) is 19.8 Å². The molecule has 3 nitrogen and oxygen atoms in total. The molecule has 19 heavy (non-hydrogen) atoms. The molecule has 0 atom stereocenters. The van der Waals surface area contributed by atoms with E-state index in [1.807, 2.05) is 26.0 Å². The highest BCUT2D eigenvalue weighted by molar-refractivity contribution is 5.91. The number of nitrogens with one attached hydrogen (secondary N) is 1. The molecule has 0 unspecified atom stereocenters. The summed E-state index contributed by atoms with van der Waals surface area (Å²) in [7, 11) is 0. The Bertz CT molecular complexity index is 448. The number of rotatable bonds is 3. The number of hydrogen-bond donors (Lipinski definition) is 2. The van der Waals surface area contributed by atoms with Gasteiger partial charge in [0.15, 0.2) is 0 Å². The van der Waals surface area contributed by atoms with E-state index in [9.17, 15) is 4.79 Å². The Hall–Kier alpha value is -1.35. The summed E-state index contributed by atoms with van der Waals surface area (Å²) in [4.78, 5) is 12.1. The number of benzene rings is 1. The zero-order chi connectivity index (χ0) is 13.8. The zero-order valence-corrected chi connectivity index (χ0v) is 11.9. The molecule has 0 saturated heterocycles. The van der Waals surface area contributed by atoms with Crippen molar-refractivity contribution in [2.24, 2.45) is 11.7 Å². The molecule has 0 aliphatic heterocycles. The van der Waals surface area contributed by atoms with Crippen LogP contribution in [0.15, 0.2) is 18.2 Å². The van der Waals surface area contributed by atoms with E-state index in [1.165, 1.54) is 5.56 Å². The van der Waals surface area contributed by atoms with Gasteiger partial charge in [0.05, 0.1) is 0 Å². The highest BCUT2D eigenvalue weighted by Crippen LogP contribution is 2.26. The molecule has 1 aromatic carbocycles. The Morgan fingerprint density at radius 1 is 1.26 bits per heavy atom. The quantitative estimate of drug-likeness (QED) is 0.877.